The van der Waals surface area contributed by atoms with Crippen molar-refractivity contribution in [3.8, 4) is 17.1 Å². The first-order chi connectivity index (χ1) is 16.9. The van der Waals surface area contributed by atoms with Crippen LogP contribution in [0.5, 0.6) is 0 Å². The van der Waals surface area contributed by atoms with Crippen LogP contribution in [0.3, 0.4) is 0 Å². The van der Waals surface area contributed by atoms with E-state index < -0.39 is 5.82 Å². The third kappa shape index (κ3) is 3.41. The number of hydrogen-bond acceptors (Lipinski definition) is 4. The predicted molar refractivity (Wildman–Crippen MR) is 130 cm³/mol. The molecule has 35 heavy (non-hydrogen) atoms. The highest BCUT2D eigenvalue weighted by atomic mass is 19.1. The Balaban J connectivity index is 1.49. The van der Waals surface area contributed by atoms with E-state index in [1.165, 1.54) is 12.1 Å². The van der Waals surface area contributed by atoms with Gasteiger partial charge in [0.15, 0.2) is 0 Å². The number of carbonyl (C=O) groups is 1. The summed E-state index contributed by atoms with van der Waals surface area (Å²) in [6.45, 7) is 12.3. The molecule has 2 saturated heterocycles. The Morgan fingerprint density at radius 1 is 1.23 bits per heavy atom. The van der Waals surface area contributed by atoms with Gasteiger partial charge in [-0.15, -0.1) is 0 Å². The fraction of sp³-hybridized carbons (Fsp3) is 0.308. The Kier molecular flexibility index (Phi) is 4.76. The first-order valence-electron chi connectivity index (χ1n) is 11.6. The topological polar surface area (TPSA) is 72.3 Å². The summed E-state index contributed by atoms with van der Waals surface area (Å²) < 4.78 is 18.2. The van der Waals surface area contributed by atoms with Crippen LogP contribution in [0, 0.1) is 24.7 Å². The van der Waals surface area contributed by atoms with Gasteiger partial charge in [0.2, 0.25) is 5.69 Å². The van der Waals surface area contributed by atoms with E-state index in [9.17, 15) is 9.18 Å². The second-order valence-corrected chi connectivity index (χ2v) is 9.61. The van der Waals surface area contributed by atoms with Crippen molar-refractivity contribution in [1.82, 2.24) is 29.5 Å². The average molecular weight is 470 g/mol. The molecule has 4 heterocycles. The lowest BCUT2D eigenvalue weighted by atomic mass is 9.81. The fourth-order valence-electron chi connectivity index (χ4n) is 5.25. The lowest BCUT2D eigenvalue weighted by Gasteiger charge is -2.38. The molecule has 0 radical (unpaired) electrons. The van der Waals surface area contributed by atoms with Gasteiger partial charge < -0.3 is 10.2 Å². The zero-order valence-corrected chi connectivity index (χ0v) is 19.5. The Morgan fingerprint density at radius 3 is 2.74 bits per heavy atom. The van der Waals surface area contributed by atoms with Gasteiger partial charge in [0, 0.05) is 61.5 Å². The summed E-state index contributed by atoms with van der Waals surface area (Å²) in [7, 11) is 1.87. The minimum Gasteiger partial charge on any atom is -0.337 e. The number of imidazole rings is 1. The van der Waals surface area contributed by atoms with Gasteiger partial charge in [-0.2, -0.15) is 5.10 Å². The van der Waals surface area contributed by atoms with Gasteiger partial charge in [0.1, 0.15) is 17.3 Å². The number of nitrogens with one attached hydrogen (secondary N) is 1. The van der Waals surface area contributed by atoms with Crippen LogP contribution in [0.15, 0.2) is 42.6 Å². The lowest BCUT2D eigenvalue weighted by Crippen LogP contribution is -2.55. The molecule has 0 bridgehead atoms. The third-order valence-corrected chi connectivity index (χ3v) is 7.22. The third-order valence-electron chi connectivity index (χ3n) is 7.22. The number of halogens is 1. The average Bonchev–Trinajstić information content (AvgIpc) is 3.52. The van der Waals surface area contributed by atoms with Gasteiger partial charge in [-0.25, -0.2) is 14.2 Å². The molecule has 0 atom stereocenters. The van der Waals surface area contributed by atoms with Crippen LogP contribution in [-0.4, -0.2) is 56.3 Å². The molecule has 9 heteroatoms. The molecule has 2 fully saturated rings. The van der Waals surface area contributed by atoms with Crippen LogP contribution in [-0.2, 0) is 7.05 Å². The number of likely N-dealkylation sites (tertiary alicyclic amines) is 1. The van der Waals surface area contributed by atoms with Gasteiger partial charge in [0.05, 0.1) is 17.8 Å². The van der Waals surface area contributed by atoms with Crippen LogP contribution in [0.25, 0.3) is 32.8 Å². The number of amides is 1. The summed E-state index contributed by atoms with van der Waals surface area (Å²) >= 11 is 0. The maximum absolute atomic E-state index is 14.6. The number of carbonyl (C=O) groups excluding carboxylic acids is 1. The van der Waals surface area contributed by atoms with E-state index in [1.54, 1.807) is 10.7 Å². The van der Waals surface area contributed by atoms with Crippen LogP contribution >= 0.6 is 0 Å². The summed E-state index contributed by atoms with van der Waals surface area (Å²) in [5, 5.41) is 8.71. The van der Waals surface area contributed by atoms with E-state index in [0.29, 0.717) is 29.3 Å². The number of rotatable bonds is 3. The summed E-state index contributed by atoms with van der Waals surface area (Å²) in [6, 6.07) is 10.3. The number of aromatic nitrogens is 4. The molecule has 4 aromatic rings. The van der Waals surface area contributed by atoms with Crippen LogP contribution < -0.4 is 5.32 Å². The Bertz CT molecular complexity index is 1540. The summed E-state index contributed by atoms with van der Waals surface area (Å²) in [6.07, 6.45) is 2.91. The molecule has 2 aromatic heterocycles. The van der Waals surface area contributed by atoms with Crippen molar-refractivity contribution in [2.24, 2.45) is 12.5 Å². The molecule has 176 valence electrons. The first-order valence-corrected chi connectivity index (χ1v) is 11.6. The van der Waals surface area contributed by atoms with E-state index in [4.69, 9.17) is 11.6 Å². The van der Waals surface area contributed by atoms with Crippen molar-refractivity contribution < 1.29 is 9.18 Å². The molecule has 1 amide bonds. The van der Waals surface area contributed by atoms with Crippen LogP contribution in [0.2, 0.25) is 0 Å². The largest absolute Gasteiger partial charge is 0.337 e. The zero-order valence-electron chi connectivity index (χ0n) is 19.5. The van der Waals surface area contributed by atoms with E-state index in [-0.39, 0.29) is 17.0 Å². The lowest BCUT2D eigenvalue weighted by molar-refractivity contribution is 0.0746. The van der Waals surface area contributed by atoms with Crippen molar-refractivity contribution in [3.63, 3.8) is 0 Å². The molecule has 2 aromatic carbocycles. The van der Waals surface area contributed by atoms with Crippen LogP contribution in [0.4, 0.5) is 10.1 Å². The molecule has 0 unspecified atom stereocenters. The molecular weight excluding hydrogens is 445 g/mol. The number of benzene rings is 2. The van der Waals surface area contributed by atoms with Gasteiger partial charge in [0.25, 0.3) is 5.91 Å². The van der Waals surface area contributed by atoms with E-state index in [0.717, 1.165) is 42.6 Å². The molecule has 0 aliphatic carbocycles. The van der Waals surface area contributed by atoms with Crippen molar-refractivity contribution in [1.29, 1.82) is 0 Å². The predicted octanol–water partition coefficient (Wildman–Crippen LogP) is 3.86. The standard InChI is InChI=1S/C26H24FN7O/c1-16-23(25(35)33-9-8-26(15-33)13-29-14-26)30-24(17-4-6-22(28-2)20(27)11-17)34(16)19-5-7-21-18(10-19)12-32(3)31-21/h4-7,10-12,29H,8-9,13-15H2,1,3H3. The van der Waals surface area contributed by atoms with Gasteiger partial charge in [-0.3, -0.25) is 14.0 Å². The molecule has 6 rings (SSSR count). The molecule has 8 nitrogen and oxygen atoms in total. The van der Waals surface area contributed by atoms with Gasteiger partial charge >= 0.3 is 0 Å². The Labute approximate surface area is 201 Å². The molecule has 1 N–H and O–H groups in total. The molecular formula is C26H24FN7O. The number of nitrogens with zero attached hydrogens (tertiary/aromatic N) is 6. The van der Waals surface area contributed by atoms with E-state index in [2.05, 4.69) is 15.3 Å². The first kappa shape index (κ1) is 21.5. The van der Waals surface area contributed by atoms with Crippen molar-refractivity contribution in [2.75, 3.05) is 26.2 Å². The SMILES string of the molecule is [C-]#[N+]c1ccc(-c2nc(C(=O)N3CCC4(CNC4)C3)c(C)n2-c2ccc3nn(C)cc3c2)cc1F. The van der Waals surface area contributed by atoms with Crippen molar-refractivity contribution in [2.45, 2.75) is 13.3 Å². The summed E-state index contributed by atoms with van der Waals surface area (Å²) in [5.74, 6) is -0.255. The van der Waals surface area contributed by atoms with E-state index >= 15 is 0 Å². The van der Waals surface area contributed by atoms with Crippen molar-refractivity contribution in [3.05, 3.63) is 71.2 Å². The second-order valence-electron chi connectivity index (χ2n) is 9.61. The maximum atomic E-state index is 14.6. The Morgan fingerprint density at radius 2 is 2.06 bits per heavy atom. The highest BCUT2D eigenvalue weighted by Crippen LogP contribution is 2.36. The van der Waals surface area contributed by atoms with Crippen molar-refractivity contribution >= 4 is 22.5 Å². The quantitative estimate of drug-likeness (QED) is 0.463. The van der Waals surface area contributed by atoms with Crippen LogP contribution in [0.1, 0.15) is 22.6 Å². The van der Waals surface area contributed by atoms with Gasteiger partial charge in [-0.05, 0) is 37.6 Å². The Hall–Kier alpha value is -4.03. The second kappa shape index (κ2) is 7.75. The molecule has 1 spiro atoms. The monoisotopic (exact) mass is 469 g/mol. The number of aryl methyl sites for hydroxylation is 1. The fourth-order valence-corrected chi connectivity index (χ4v) is 5.25. The van der Waals surface area contributed by atoms with E-state index in [1.807, 2.05) is 47.8 Å². The van der Waals surface area contributed by atoms with Gasteiger partial charge in [-0.1, -0.05) is 12.1 Å². The molecule has 0 saturated carbocycles. The number of hydrogen-bond donors (Lipinski definition) is 1. The maximum Gasteiger partial charge on any atom is 0.274 e. The molecule has 2 aliphatic heterocycles. The smallest absolute Gasteiger partial charge is 0.274 e. The molecule has 2 aliphatic rings. The minimum absolute atomic E-state index is 0.0480. The summed E-state index contributed by atoms with van der Waals surface area (Å²) in [4.78, 5) is 23.5. The summed E-state index contributed by atoms with van der Waals surface area (Å²) in [5.41, 5.74) is 3.36. The highest BCUT2D eigenvalue weighted by molar-refractivity contribution is 5.95. The normalized spacial score (nSPS) is 16.6. The highest BCUT2D eigenvalue weighted by Gasteiger charge is 2.45. The number of fused-ring (bicyclic) bond motifs is 1. The minimum atomic E-state index is -0.612. The zero-order chi connectivity index (χ0) is 24.3.